The molecule has 3 atom stereocenters. The van der Waals surface area contributed by atoms with E-state index in [4.69, 9.17) is 4.98 Å². The molecule has 0 spiro atoms. The smallest absolute Gasteiger partial charge is 0.330 e. The molecule has 1 aliphatic heterocycles. The van der Waals surface area contributed by atoms with Crippen LogP contribution < -0.4 is 5.69 Å². The van der Waals surface area contributed by atoms with E-state index in [1.807, 2.05) is 17.0 Å². The zero-order valence-electron chi connectivity index (χ0n) is 18.1. The summed E-state index contributed by atoms with van der Waals surface area (Å²) in [5.74, 6) is -2.85. The molecular weight excluding hydrogens is 428 g/mol. The van der Waals surface area contributed by atoms with Gasteiger partial charge in [0.2, 0.25) is 0 Å². The first-order valence-electron chi connectivity index (χ1n) is 11.2. The standard InChI is InChI=1S/C24H23F2N5O2/c1-29-21-20(31(23(29)33)13-18-9-24(18,25)26)5-4-19(28-21)15-7-16-11-30(12-17(16)8-15)22(32)14-3-2-6-27-10-14/h2-7,10,16-18H,8-9,11-13H2,1H3. The van der Waals surface area contributed by atoms with Gasteiger partial charge in [-0.2, -0.15) is 0 Å². The molecule has 170 valence electrons. The lowest BCUT2D eigenvalue weighted by molar-refractivity contribution is 0.0784. The summed E-state index contributed by atoms with van der Waals surface area (Å²) in [6.07, 6.45) is 6.08. The molecule has 3 aliphatic rings. The lowest BCUT2D eigenvalue weighted by atomic mass is 9.99. The van der Waals surface area contributed by atoms with Crippen molar-refractivity contribution in [3.63, 3.8) is 0 Å². The number of halogens is 2. The van der Waals surface area contributed by atoms with Gasteiger partial charge in [-0.15, -0.1) is 0 Å². The topological polar surface area (TPSA) is 73.0 Å². The van der Waals surface area contributed by atoms with Gasteiger partial charge >= 0.3 is 5.69 Å². The van der Waals surface area contributed by atoms with Gasteiger partial charge in [-0.25, -0.2) is 18.6 Å². The Morgan fingerprint density at radius 2 is 2.06 bits per heavy atom. The number of fused-ring (bicyclic) bond motifs is 2. The summed E-state index contributed by atoms with van der Waals surface area (Å²) in [4.78, 5) is 36.0. The van der Waals surface area contributed by atoms with Gasteiger partial charge in [0, 0.05) is 51.4 Å². The van der Waals surface area contributed by atoms with Crippen molar-refractivity contribution < 1.29 is 13.6 Å². The number of likely N-dealkylation sites (tertiary alicyclic amines) is 1. The van der Waals surface area contributed by atoms with E-state index in [0.717, 1.165) is 17.7 Å². The van der Waals surface area contributed by atoms with Gasteiger partial charge in [-0.3, -0.25) is 18.9 Å². The fourth-order valence-corrected chi connectivity index (χ4v) is 5.25. The normalized spacial score (nSPS) is 25.4. The van der Waals surface area contributed by atoms with E-state index in [0.29, 0.717) is 35.7 Å². The zero-order chi connectivity index (χ0) is 22.9. The fraction of sp³-hybridized carbons (Fsp3) is 0.417. The Labute approximate surface area is 188 Å². The highest BCUT2D eigenvalue weighted by atomic mass is 19.3. The molecule has 3 unspecified atom stereocenters. The summed E-state index contributed by atoms with van der Waals surface area (Å²) in [7, 11) is 1.63. The van der Waals surface area contributed by atoms with Crippen LogP contribution in [0, 0.1) is 17.8 Å². The number of hydrogen-bond acceptors (Lipinski definition) is 4. The molecule has 2 fully saturated rings. The zero-order valence-corrected chi connectivity index (χ0v) is 18.1. The number of hydrogen-bond donors (Lipinski definition) is 0. The third-order valence-electron chi connectivity index (χ3n) is 7.25. The van der Waals surface area contributed by atoms with Gasteiger partial charge in [0.15, 0.2) is 5.65 Å². The van der Waals surface area contributed by atoms with Crippen molar-refractivity contribution in [2.45, 2.75) is 25.3 Å². The molecule has 1 saturated heterocycles. The molecule has 0 N–H and O–H groups in total. The van der Waals surface area contributed by atoms with Crippen LogP contribution in [0.2, 0.25) is 0 Å². The highest BCUT2D eigenvalue weighted by Crippen LogP contribution is 2.49. The molecule has 1 saturated carbocycles. The molecule has 9 heteroatoms. The number of aryl methyl sites for hydroxylation is 1. The first-order valence-corrected chi connectivity index (χ1v) is 11.2. The number of carbonyl (C=O) groups is 1. The number of rotatable bonds is 4. The van der Waals surface area contributed by atoms with Crippen LogP contribution in [0.4, 0.5) is 8.78 Å². The second-order valence-electron chi connectivity index (χ2n) is 9.43. The summed E-state index contributed by atoms with van der Waals surface area (Å²) < 4.78 is 29.7. The quantitative estimate of drug-likeness (QED) is 0.612. The van der Waals surface area contributed by atoms with Crippen molar-refractivity contribution in [3.8, 4) is 0 Å². The minimum Gasteiger partial charge on any atom is -0.338 e. The summed E-state index contributed by atoms with van der Waals surface area (Å²) in [5.41, 5.74) is 3.27. The van der Waals surface area contributed by atoms with Crippen LogP contribution >= 0.6 is 0 Å². The molecule has 0 radical (unpaired) electrons. The molecule has 0 aromatic carbocycles. The Morgan fingerprint density at radius 1 is 1.24 bits per heavy atom. The molecule has 33 heavy (non-hydrogen) atoms. The molecule has 0 bridgehead atoms. The molecule has 6 rings (SSSR count). The average Bonchev–Trinajstić information content (AvgIpc) is 3.12. The number of allylic oxidation sites excluding steroid dienone is 1. The second-order valence-corrected chi connectivity index (χ2v) is 9.43. The molecule has 1 amide bonds. The summed E-state index contributed by atoms with van der Waals surface area (Å²) in [6.45, 7) is 1.36. The summed E-state index contributed by atoms with van der Waals surface area (Å²) in [5, 5.41) is 0. The van der Waals surface area contributed by atoms with E-state index in [-0.39, 0.29) is 30.5 Å². The Balaban J connectivity index is 1.23. The van der Waals surface area contributed by atoms with Crippen molar-refractivity contribution in [1.82, 2.24) is 24.0 Å². The predicted octanol–water partition coefficient (Wildman–Crippen LogP) is 2.96. The van der Waals surface area contributed by atoms with Crippen molar-refractivity contribution >= 4 is 22.6 Å². The Bertz CT molecular complexity index is 1360. The van der Waals surface area contributed by atoms with Crippen molar-refractivity contribution in [2.24, 2.45) is 24.8 Å². The van der Waals surface area contributed by atoms with E-state index in [1.54, 1.807) is 31.6 Å². The highest BCUT2D eigenvalue weighted by Gasteiger charge is 2.57. The monoisotopic (exact) mass is 451 g/mol. The minimum absolute atomic E-state index is 0.00424. The van der Waals surface area contributed by atoms with Crippen LogP contribution in [-0.2, 0) is 13.6 Å². The van der Waals surface area contributed by atoms with Crippen LogP contribution in [0.3, 0.4) is 0 Å². The van der Waals surface area contributed by atoms with Crippen molar-refractivity contribution in [2.75, 3.05) is 13.1 Å². The molecule has 7 nitrogen and oxygen atoms in total. The van der Waals surface area contributed by atoms with Gasteiger partial charge in [0.25, 0.3) is 11.8 Å². The third kappa shape index (κ3) is 3.29. The molecule has 3 aromatic heterocycles. The summed E-state index contributed by atoms with van der Waals surface area (Å²) >= 11 is 0. The maximum atomic E-state index is 13.4. The van der Waals surface area contributed by atoms with Crippen LogP contribution in [0.25, 0.3) is 16.7 Å². The number of carbonyl (C=O) groups excluding carboxylic acids is 1. The first kappa shape index (κ1) is 20.3. The first-order chi connectivity index (χ1) is 15.8. The molecular formula is C24H23F2N5O2. The van der Waals surface area contributed by atoms with E-state index in [9.17, 15) is 18.4 Å². The Morgan fingerprint density at radius 3 is 2.76 bits per heavy atom. The second kappa shape index (κ2) is 7.07. The number of aromatic nitrogens is 4. The maximum Gasteiger partial charge on any atom is 0.330 e. The molecule has 3 aromatic rings. The van der Waals surface area contributed by atoms with Crippen molar-refractivity contribution in [3.05, 3.63) is 64.5 Å². The number of nitrogens with zero attached hydrogens (tertiary/aromatic N) is 5. The van der Waals surface area contributed by atoms with Crippen LogP contribution in [0.15, 0.2) is 47.5 Å². The van der Waals surface area contributed by atoms with E-state index < -0.39 is 11.8 Å². The Kier molecular flexibility index (Phi) is 4.34. The average molecular weight is 451 g/mol. The maximum absolute atomic E-state index is 13.4. The largest absolute Gasteiger partial charge is 0.338 e. The SMILES string of the molecule is Cn1c(=O)n(CC2CC2(F)F)c2ccc(C3=CC4CN(C(=O)c5cccnc5)CC4C3)nc21. The number of imidazole rings is 1. The molecule has 4 heterocycles. The van der Waals surface area contributed by atoms with Crippen LogP contribution in [0.1, 0.15) is 28.9 Å². The van der Waals surface area contributed by atoms with Crippen LogP contribution in [-0.4, -0.2) is 48.9 Å². The Hall–Kier alpha value is -3.36. The molecule has 2 aliphatic carbocycles. The summed E-state index contributed by atoms with van der Waals surface area (Å²) in [6, 6.07) is 7.23. The number of pyridine rings is 2. The number of amides is 1. The number of alkyl halides is 2. The van der Waals surface area contributed by atoms with Gasteiger partial charge in [0.1, 0.15) is 0 Å². The van der Waals surface area contributed by atoms with Gasteiger partial charge in [0.05, 0.1) is 16.8 Å². The lowest BCUT2D eigenvalue weighted by Crippen LogP contribution is -2.29. The van der Waals surface area contributed by atoms with E-state index in [1.165, 1.54) is 9.13 Å². The highest BCUT2D eigenvalue weighted by molar-refractivity contribution is 5.94. The third-order valence-corrected chi connectivity index (χ3v) is 7.25. The van der Waals surface area contributed by atoms with Gasteiger partial charge < -0.3 is 4.90 Å². The van der Waals surface area contributed by atoms with Crippen LogP contribution in [0.5, 0.6) is 0 Å². The van der Waals surface area contributed by atoms with Crippen molar-refractivity contribution in [1.29, 1.82) is 0 Å². The predicted molar refractivity (Wildman–Crippen MR) is 118 cm³/mol. The fourth-order valence-electron chi connectivity index (χ4n) is 5.25. The van der Waals surface area contributed by atoms with E-state index in [2.05, 4.69) is 11.1 Å². The van der Waals surface area contributed by atoms with Gasteiger partial charge in [-0.1, -0.05) is 6.08 Å². The minimum atomic E-state index is -2.67. The van der Waals surface area contributed by atoms with E-state index >= 15 is 0 Å². The van der Waals surface area contributed by atoms with Gasteiger partial charge in [-0.05, 0) is 48.1 Å². The lowest BCUT2D eigenvalue weighted by Gasteiger charge is -2.17.